The summed E-state index contributed by atoms with van der Waals surface area (Å²) < 4.78 is 0. The van der Waals surface area contributed by atoms with E-state index in [0.717, 1.165) is 12.8 Å². The number of allylic oxidation sites excluding steroid dienone is 2. The highest BCUT2D eigenvalue weighted by atomic mass is 35.5. The Kier molecular flexibility index (Phi) is 5.71. The number of hydrogen-bond donors (Lipinski definition) is 1. The van der Waals surface area contributed by atoms with Gasteiger partial charge in [-0.1, -0.05) is 25.0 Å². The number of carbonyl (C=O) groups is 1. The molecule has 0 aliphatic heterocycles. The van der Waals surface area contributed by atoms with Crippen molar-refractivity contribution < 1.29 is 4.79 Å². The van der Waals surface area contributed by atoms with Crippen LogP contribution < -0.4 is 5.32 Å². The number of carbonyl (C=O) groups excluding carboxylic acids is 1. The monoisotopic (exact) mass is 271 g/mol. The van der Waals surface area contributed by atoms with Gasteiger partial charge in [-0.15, -0.1) is 11.6 Å². The third kappa shape index (κ3) is 4.31. The lowest BCUT2D eigenvalue weighted by Crippen LogP contribution is -2.34. The molecule has 1 aliphatic carbocycles. The van der Waals surface area contributed by atoms with Crippen molar-refractivity contribution in [1.29, 1.82) is 0 Å². The van der Waals surface area contributed by atoms with Crippen LogP contribution in [0, 0.1) is 5.41 Å². The number of amides is 1. The Balaban J connectivity index is 2.54. The van der Waals surface area contributed by atoms with Gasteiger partial charge in [-0.05, 0) is 51.4 Å². The van der Waals surface area contributed by atoms with Gasteiger partial charge in [0.25, 0.3) is 0 Å². The van der Waals surface area contributed by atoms with Crippen molar-refractivity contribution in [3.05, 3.63) is 11.1 Å². The minimum atomic E-state index is -0.0715. The van der Waals surface area contributed by atoms with E-state index in [2.05, 4.69) is 33.0 Å². The Bertz CT molecular complexity index is 333. The molecule has 0 radical (unpaired) electrons. The zero-order valence-corrected chi connectivity index (χ0v) is 12.9. The number of halogens is 1. The van der Waals surface area contributed by atoms with Gasteiger partial charge in [0.15, 0.2) is 0 Å². The van der Waals surface area contributed by atoms with Gasteiger partial charge in [0.1, 0.15) is 5.88 Å². The number of alkyl halides is 1. The van der Waals surface area contributed by atoms with Crippen molar-refractivity contribution in [1.82, 2.24) is 5.32 Å². The molecule has 1 amide bonds. The molecule has 1 rings (SSSR count). The van der Waals surface area contributed by atoms with Crippen LogP contribution in [0.15, 0.2) is 11.1 Å². The summed E-state index contributed by atoms with van der Waals surface area (Å²) in [6, 6.07) is 0.203. The van der Waals surface area contributed by atoms with Gasteiger partial charge in [0, 0.05) is 6.04 Å². The van der Waals surface area contributed by atoms with E-state index in [4.69, 9.17) is 11.6 Å². The van der Waals surface area contributed by atoms with Gasteiger partial charge in [-0.25, -0.2) is 0 Å². The Morgan fingerprint density at radius 1 is 1.50 bits per heavy atom. The Morgan fingerprint density at radius 2 is 2.17 bits per heavy atom. The van der Waals surface area contributed by atoms with Crippen molar-refractivity contribution >= 4 is 17.5 Å². The maximum absolute atomic E-state index is 11.2. The molecule has 18 heavy (non-hydrogen) atoms. The summed E-state index contributed by atoms with van der Waals surface area (Å²) in [5.74, 6) is -0.0184. The fourth-order valence-corrected chi connectivity index (χ4v) is 3.05. The normalized spacial score (nSPS) is 20.7. The minimum Gasteiger partial charge on any atom is -0.353 e. The van der Waals surface area contributed by atoms with Crippen LogP contribution in [0.2, 0.25) is 0 Å². The second kappa shape index (κ2) is 6.60. The summed E-state index contributed by atoms with van der Waals surface area (Å²) in [6.07, 6.45) is 5.91. The number of rotatable bonds is 5. The van der Waals surface area contributed by atoms with Crippen LogP contribution in [0.1, 0.15) is 59.8 Å². The van der Waals surface area contributed by atoms with Crippen molar-refractivity contribution in [2.45, 2.75) is 65.8 Å². The summed E-state index contributed by atoms with van der Waals surface area (Å²) in [4.78, 5) is 11.2. The van der Waals surface area contributed by atoms with Crippen LogP contribution >= 0.6 is 11.6 Å². The van der Waals surface area contributed by atoms with Gasteiger partial charge in [0.05, 0.1) is 0 Å². The van der Waals surface area contributed by atoms with Gasteiger partial charge in [0.2, 0.25) is 5.91 Å². The zero-order chi connectivity index (χ0) is 13.8. The predicted molar refractivity (Wildman–Crippen MR) is 77.9 cm³/mol. The molecule has 3 heteroatoms. The minimum absolute atomic E-state index is 0.0531. The Labute approximate surface area is 116 Å². The average Bonchev–Trinajstić information content (AvgIpc) is 2.27. The van der Waals surface area contributed by atoms with E-state index in [1.54, 1.807) is 11.1 Å². The third-order valence-corrected chi connectivity index (χ3v) is 4.28. The molecule has 0 aromatic carbocycles. The lowest BCUT2D eigenvalue weighted by atomic mass is 9.71. The van der Waals surface area contributed by atoms with E-state index in [1.165, 1.54) is 19.3 Å². The summed E-state index contributed by atoms with van der Waals surface area (Å²) in [6.45, 7) is 8.99. The molecule has 1 N–H and O–H groups in total. The molecule has 0 saturated heterocycles. The second-order valence-corrected chi connectivity index (χ2v) is 6.40. The average molecular weight is 272 g/mol. The van der Waals surface area contributed by atoms with E-state index >= 15 is 0 Å². The van der Waals surface area contributed by atoms with Gasteiger partial charge in [-0.3, -0.25) is 4.79 Å². The molecule has 0 bridgehead atoms. The smallest absolute Gasteiger partial charge is 0.235 e. The molecule has 2 nitrogen and oxygen atoms in total. The molecular weight excluding hydrogens is 246 g/mol. The first-order valence-electron chi connectivity index (χ1n) is 6.91. The third-order valence-electron chi connectivity index (χ3n) is 4.04. The quantitative estimate of drug-likeness (QED) is 0.593. The van der Waals surface area contributed by atoms with Crippen molar-refractivity contribution in [2.24, 2.45) is 5.41 Å². The van der Waals surface area contributed by atoms with Gasteiger partial charge < -0.3 is 5.32 Å². The maximum Gasteiger partial charge on any atom is 0.235 e. The van der Waals surface area contributed by atoms with Crippen LogP contribution in [0.4, 0.5) is 0 Å². The lowest BCUT2D eigenvalue weighted by Gasteiger charge is -2.35. The molecular formula is C15H26ClNO. The summed E-state index contributed by atoms with van der Waals surface area (Å²) in [7, 11) is 0. The second-order valence-electron chi connectivity index (χ2n) is 6.14. The van der Waals surface area contributed by atoms with Crippen LogP contribution in [0.5, 0.6) is 0 Å². The molecule has 0 heterocycles. The Morgan fingerprint density at radius 3 is 2.72 bits per heavy atom. The number of nitrogens with one attached hydrogen (secondary N) is 1. The van der Waals surface area contributed by atoms with E-state index in [1.807, 2.05) is 0 Å². The van der Waals surface area contributed by atoms with E-state index in [9.17, 15) is 4.79 Å². The molecule has 0 aromatic heterocycles. The van der Waals surface area contributed by atoms with Gasteiger partial charge in [-0.2, -0.15) is 0 Å². The summed E-state index contributed by atoms with van der Waals surface area (Å²) >= 11 is 5.49. The van der Waals surface area contributed by atoms with Gasteiger partial charge >= 0.3 is 0 Å². The molecule has 1 atom stereocenters. The van der Waals surface area contributed by atoms with Crippen LogP contribution in [0.25, 0.3) is 0 Å². The van der Waals surface area contributed by atoms with E-state index < -0.39 is 0 Å². The largest absolute Gasteiger partial charge is 0.353 e. The first-order chi connectivity index (χ1) is 8.36. The Hall–Kier alpha value is -0.500. The highest BCUT2D eigenvalue weighted by Crippen LogP contribution is 2.42. The van der Waals surface area contributed by atoms with Crippen LogP contribution in [-0.2, 0) is 4.79 Å². The zero-order valence-electron chi connectivity index (χ0n) is 12.1. The molecule has 104 valence electrons. The van der Waals surface area contributed by atoms with Crippen LogP contribution in [-0.4, -0.2) is 17.8 Å². The highest BCUT2D eigenvalue weighted by molar-refractivity contribution is 6.27. The van der Waals surface area contributed by atoms with Crippen LogP contribution in [0.3, 0.4) is 0 Å². The molecule has 0 aromatic rings. The van der Waals surface area contributed by atoms with Crippen molar-refractivity contribution in [3.8, 4) is 0 Å². The summed E-state index contributed by atoms with van der Waals surface area (Å²) in [5.41, 5.74) is 3.49. The highest BCUT2D eigenvalue weighted by Gasteiger charge is 2.28. The van der Waals surface area contributed by atoms with Crippen molar-refractivity contribution in [2.75, 3.05) is 5.88 Å². The molecule has 0 spiro atoms. The topological polar surface area (TPSA) is 29.1 Å². The molecule has 0 fully saturated rings. The molecule has 1 aliphatic rings. The molecule has 0 unspecified atom stereocenters. The number of hydrogen-bond acceptors (Lipinski definition) is 1. The van der Waals surface area contributed by atoms with E-state index in [0.29, 0.717) is 5.41 Å². The lowest BCUT2D eigenvalue weighted by molar-refractivity contribution is -0.119. The summed E-state index contributed by atoms with van der Waals surface area (Å²) in [5, 5.41) is 2.92. The SMILES string of the molecule is CC1=C(CC[C@@H](C)NC(=O)CCl)C(C)(C)CCC1. The van der Waals surface area contributed by atoms with E-state index in [-0.39, 0.29) is 17.8 Å². The fraction of sp³-hybridized carbons (Fsp3) is 0.800. The predicted octanol–water partition coefficient (Wildman–Crippen LogP) is 4.04. The fourth-order valence-electron chi connectivity index (χ4n) is 2.97. The van der Waals surface area contributed by atoms with Crippen molar-refractivity contribution in [3.63, 3.8) is 0 Å². The molecule has 0 saturated carbocycles. The maximum atomic E-state index is 11.2. The first kappa shape index (κ1) is 15.6. The first-order valence-corrected chi connectivity index (χ1v) is 7.44. The standard InChI is InChI=1S/C15H26ClNO/c1-11-6-5-9-15(3,4)13(11)8-7-12(2)17-14(18)10-16/h12H,5-10H2,1-4H3,(H,17,18)/t12-/m1/s1.